The first-order valence-electron chi connectivity index (χ1n) is 7.79. The molecule has 0 bridgehead atoms. The maximum absolute atomic E-state index is 12.8. The molecule has 0 atom stereocenters. The minimum Gasteiger partial charge on any atom is -0.462 e. The van der Waals surface area contributed by atoms with Gasteiger partial charge >= 0.3 is 5.97 Å². The van der Waals surface area contributed by atoms with Gasteiger partial charge in [0.25, 0.3) is 10.0 Å². The number of anilines is 1. The minimum absolute atomic E-state index is 0.187. The summed E-state index contributed by atoms with van der Waals surface area (Å²) in [7, 11) is -3.80. The van der Waals surface area contributed by atoms with Crippen LogP contribution in [0.15, 0.2) is 71.6 Å². The van der Waals surface area contributed by atoms with Crippen LogP contribution in [0.25, 0.3) is 10.8 Å². The van der Waals surface area contributed by atoms with Crippen molar-refractivity contribution in [2.75, 3.05) is 11.3 Å². The highest BCUT2D eigenvalue weighted by molar-refractivity contribution is 7.93. The topological polar surface area (TPSA) is 72.5 Å². The Morgan fingerprint density at radius 1 is 1.00 bits per heavy atom. The first kappa shape index (κ1) is 17.0. The van der Waals surface area contributed by atoms with Gasteiger partial charge in [0.15, 0.2) is 0 Å². The molecule has 0 fully saturated rings. The van der Waals surface area contributed by atoms with Crippen molar-refractivity contribution in [3.05, 3.63) is 72.3 Å². The molecule has 0 amide bonds. The zero-order chi connectivity index (χ0) is 17.9. The lowest BCUT2D eigenvalue weighted by Gasteiger charge is -2.11. The summed E-state index contributed by atoms with van der Waals surface area (Å²) in [6.07, 6.45) is 0. The van der Waals surface area contributed by atoms with Crippen molar-refractivity contribution in [2.45, 2.75) is 11.8 Å². The second kappa shape index (κ2) is 6.94. The summed E-state index contributed by atoms with van der Waals surface area (Å²) in [6.45, 7) is 1.97. The fourth-order valence-electron chi connectivity index (χ4n) is 2.56. The number of hydrogen-bond donors (Lipinski definition) is 1. The zero-order valence-corrected chi connectivity index (χ0v) is 14.4. The number of carbonyl (C=O) groups is 1. The number of sulfonamides is 1. The Balaban J connectivity index is 1.97. The molecule has 3 aromatic rings. The molecule has 1 N–H and O–H groups in total. The van der Waals surface area contributed by atoms with E-state index in [-0.39, 0.29) is 11.5 Å². The normalized spacial score (nSPS) is 11.2. The molecule has 128 valence electrons. The highest BCUT2D eigenvalue weighted by atomic mass is 32.2. The second-order valence-corrected chi connectivity index (χ2v) is 7.03. The van der Waals surface area contributed by atoms with Crippen LogP contribution in [0.3, 0.4) is 0 Å². The summed E-state index contributed by atoms with van der Waals surface area (Å²) in [5, 5.41) is 1.48. The maximum Gasteiger partial charge on any atom is 0.338 e. The third kappa shape index (κ3) is 3.64. The maximum atomic E-state index is 12.8. The van der Waals surface area contributed by atoms with E-state index in [1.807, 2.05) is 18.2 Å². The Kier molecular flexibility index (Phi) is 4.72. The number of rotatable bonds is 5. The van der Waals surface area contributed by atoms with Gasteiger partial charge in [-0.15, -0.1) is 0 Å². The average molecular weight is 355 g/mol. The van der Waals surface area contributed by atoms with Crippen molar-refractivity contribution in [1.29, 1.82) is 0 Å². The Labute approximate surface area is 146 Å². The molecule has 3 aromatic carbocycles. The standard InChI is InChI=1S/C19H17NO4S/c1-2-24-19(21)15-9-5-10-16(13-15)20-25(22,23)18-12-6-8-14-7-3-4-11-17(14)18/h3-13,20H,2H2,1H3. The molecule has 25 heavy (non-hydrogen) atoms. The van der Waals surface area contributed by atoms with Crippen LogP contribution in [0, 0.1) is 0 Å². The van der Waals surface area contributed by atoms with E-state index in [1.54, 1.807) is 49.4 Å². The number of ether oxygens (including phenoxy) is 1. The van der Waals surface area contributed by atoms with Crippen LogP contribution >= 0.6 is 0 Å². The van der Waals surface area contributed by atoms with Gasteiger partial charge in [0, 0.05) is 11.1 Å². The molecule has 5 nitrogen and oxygen atoms in total. The molecule has 0 aliphatic carbocycles. The predicted molar refractivity (Wildman–Crippen MR) is 97.2 cm³/mol. The predicted octanol–water partition coefficient (Wildman–Crippen LogP) is 3.82. The summed E-state index contributed by atoms with van der Waals surface area (Å²) in [5.74, 6) is -0.492. The van der Waals surface area contributed by atoms with Crippen LogP contribution in [-0.2, 0) is 14.8 Å². The highest BCUT2D eigenvalue weighted by Crippen LogP contribution is 2.25. The molecular weight excluding hydrogens is 338 g/mol. The van der Waals surface area contributed by atoms with Crippen molar-refractivity contribution in [3.63, 3.8) is 0 Å². The molecule has 0 spiro atoms. The lowest BCUT2D eigenvalue weighted by molar-refractivity contribution is 0.0526. The van der Waals surface area contributed by atoms with Crippen molar-refractivity contribution >= 4 is 32.5 Å². The van der Waals surface area contributed by atoms with Crippen LogP contribution in [-0.4, -0.2) is 21.0 Å². The fourth-order valence-corrected chi connectivity index (χ4v) is 3.84. The Bertz CT molecular complexity index is 1020. The van der Waals surface area contributed by atoms with Gasteiger partial charge in [-0.1, -0.05) is 42.5 Å². The van der Waals surface area contributed by atoms with Gasteiger partial charge in [-0.3, -0.25) is 4.72 Å². The molecule has 0 saturated carbocycles. The smallest absolute Gasteiger partial charge is 0.338 e. The SMILES string of the molecule is CCOC(=O)c1cccc(NS(=O)(=O)c2cccc3ccccc23)c1. The van der Waals surface area contributed by atoms with E-state index in [0.717, 1.165) is 5.39 Å². The molecule has 0 aliphatic heterocycles. The van der Waals surface area contributed by atoms with E-state index in [2.05, 4.69) is 4.72 Å². The van der Waals surface area contributed by atoms with Gasteiger partial charge in [0.2, 0.25) is 0 Å². The van der Waals surface area contributed by atoms with Crippen LogP contribution in [0.4, 0.5) is 5.69 Å². The lowest BCUT2D eigenvalue weighted by atomic mass is 10.1. The van der Waals surface area contributed by atoms with Gasteiger partial charge < -0.3 is 4.74 Å². The first-order chi connectivity index (χ1) is 12.0. The molecule has 0 aliphatic rings. The molecule has 6 heteroatoms. The molecule has 3 rings (SSSR count). The zero-order valence-electron chi connectivity index (χ0n) is 13.6. The summed E-state index contributed by atoms with van der Waals surface area (Å²) in [5.41, 5.74) is 0.596. The first-order valence-corrected chi connectivity index (χ1v) is 9.27. The lowest BCUT2D eigenvalue weighted by Crippen LogP contribution is -2.14. The molecular formula is C19H17NO4S. The van der Waals surface area contributed by atoms with E-state index >= 15 is 0 Å². The van der Waals surface area contributed by atoms with Gasteiger partial charge in [-0.2, -0.15) is 0 Å². The number of fused-ring (bicyclic) bond motifs is 1. The molecule has 0 aromatic heterocycles. The molecule has 0 unspecified atom stereocenters. The fraction of sp³-hybridized carbons (Fsp3) is 0.105. The Morgan fingerprint density at radius 2 is 1.72 bits per heavy atom. The van der Waals surface area contributed by atoms with E-state index < -0.39 is 16.0 Å². The number of carbonyl (C=O) groups excluding carboxylic acids is 1. The van der Waals surface area contributed by atoms with Crippen molar-refractivity contribution in [1.82, 2.24) is 0 Å². The minimum atomic E-state index is -3.80. The summed E-state index contributed by atoms with van der Waals surface area (Å²) in [4.78, 5) is 12.0. The molecule has 0 heterocycles. The van der Waals surface area contributed by atoms with Gasteiger partial charge in [0.05, 0.1) is 17.1 Å². The van der Waals surface area contributed by atoms with Crippen LogP contribution in [0.5, 0.6) is 0 Å². The second-order valence-electron chi connectivity index (χ2n) is 5.38. The summed E-state index contributed by atoms with van der Waals surface area (Å²) < 4.78 is 33.1. The number of esters is 1. The third-order valence-electron chi connectivity index (χ3n) is 3.67. The van der Waals surface area contributed by atoms with E-state index in [1.165, 1.54) is 6.07 Å². The highest BCUT2D eigenvalue weighted by Gasteiger charge is 2.18. The van der Waals surface area contributed by atoms with Crippen LogP contribution in [0.2, 0.25) is 0 Å². The van der Waals surface area contributed by atoms with Crippen molar-refractivity contribution in [3.8, 4) is 0 Å². The summed E-state index contributed by atoms with van der Waals surface area (Å²) >= 11 is 0. The third-order valence-corrected chi connectivity index (χ3v) is 5.10. The van der Waals surface area contributed by atoms with E-state index in [9.17, 15) is 13.2 Å². The number of nitrogens with one attached hydrogen (secondary N) is 1. The average Bonchev–Trinajstić information content (AvgIpc) is 2.61. The Morgan fingerprint density at radius 3 is 2.52 bits per heavy atom. The van der Waals surface area contributed by atoms with E-state index in [4.69, 9.17) is 4.74 Å². The number of benzene rings is 3. The summed E-state index contributed by atoms with van der Waals surface area (Å²) in [6, 6.07) is 18.6. The molecule has 0 radical (unpaired) electrons. The number of hydrogen-bond acceptors (Lipinski definition) is 4. The van der Waals surface area contributed by atoms with Gasteiger partial charge in [0.1, 0.15) is 0 Å². The Hall–Kier alpha value is -2.86. The quantitative estimate of drug-likeness (QED) is 0.706. The monoisotopic (exact) mass is 355 g/mol. The van der Waals surface area contributed by atoms with Crippen LogP contribution in [0.1, 0.15) is 17.3 Å². The van der Waals surface area contributed by atoms with Crippen LogP contribution < -0.4 is 4.72 Å². The van der Waals surface area contributed by atoms with Crippen molar-refractivity contribution < 1.29 is 17.9 Å². The van der Waals surface area contributed by atoms with Crippen molar-refractivity contribution in [2.24, 2.45) is 0 Å². The molecule has 0 saturated heterocycles. The van der Waals surface area contributed by atoms with E-state index in [0.29, 0.717) is 16.6 Å². The largest absolute Gasteiger partial charge is 0.462 e. The van der Waals surface area contributed by atoms with Gasteiger partial charge in [-0.05, 0) is 36.6 Å². The van der Waals surface area contributed by atoms with Gasteiger partial charge in [-0.25, -0.2) is 13.2 Å².